The van der Waals surface area contributed by atoms with Crippen molar-refractivity contribution in [3.63, 3.8) is 0 Å². The van der Waals surface area contributed by atoms with Crippen molar-refractivity contribution in [2.24, 2.45) is 0 Å². The lowest BCUT2D eigenvalue weighted by Gasteiger charge is -2.36. The molecule has 3 nitrogen and oxygen atoms in total. The summed E-state index contributed by atoms with van der Waals surface area (Å²) in [6.07, 6.45) is 1.23. The van der Waals surface area contributed by atoms with Gasteiger partial charge >= 0.3 is 0 Å². The van der Waals surface area contributed by atoms with Crippen molar-refractivity contribution in [3.8, 4) is 0 Å². The average Bonchev–Trinajstić information content (AvgIpc) is 2.42. The van der Waals surface area contributed by atoms with E-state index in [1.807, 2.05) is 0 Å². The zero-order valence-electron chi connectivity index (χ0n) is 10.2. The highest BCUT2D eigenvalue weighted by Gasteiger charge is 2.34. The van der Waals surface area contributed by atoms with Crippen molar-refractivity contribution in [1.29, 1.82) is 0 Å². The number of halogens is 3. The summed E-state index contributed by atoms with van der Waals surface area (Å²) in [5.41, 5.74) is -0.602. The van der Waals surface area contributed by atoms with E-state index in [-0.39, 0.29) is 16.5 Å². The van der Waals surface area contributed by atoms with Gasteiger partial charge in [-0.15, -0.1) is 11.6 Å². The number of hydrogen-bond donors (Lipinski definition) is 1. The van der Waals surface area contributed by atoms with E-state index in [2.05, 4.69) is 5.32 Å². The second kappa shape index (κ2) is 6.07. The van der Waals surface area contributed by atoms with Crippen LogP contribution in [0.3, 0.4) is 0 Å². The summed E-state index contributed by atoms with van der Waals surface area (Å²) in [5, 5.41) is 2.75. The Bertz CT molecular complexity index is 476. The number of alkyl halides is 1. The van der Waals surface area contributed by atoms with E-state index in [0.29, 0.717) is 26.1 Å². The lowest BCUT2D eigenvalue weighted by atomic mass is 9.92. The van der Waals surface area contributed by atoms with Gasteiger partial charge in [0.2, 0.25) is 0 Å². The molecule has 0 unspecified atom stereocenters. The van der Waals surface area contributed by atoms with Crippen molar-refractivity contribution in [2.45, 2.75) is 18.4 Å². The predicted molar refractivity (Wildman–Crippen MR) is 72.4 cm³/mol. The molecule has 0 aliphatic carbocycles. The molecule has 1 N–H and O–H groups in total. The summed E-state index contributed by atoms with van der Waals surface area (Å²) < 4.78 is 19.0. The third kappa shape index (κ3) is 3.19. The maximum Gasteiger partial charge on any atom is 0.254 e. The Balaban J connectivity index is 2.17. The van der Waals surface area contributed by atoms with Crippen LogP contribution in [0, 0.1) is 5.82 Å². The van der Waals surface area contributed by atoms with Crippen LogP contribution in [-0.4, -0.2) is 30.5 Å². The van der Waals surface area contributed by atoms with E-state index in [0.717, 1.165) is 0 Å². The molecule has 104 valence electrons. The number of amides is 1. The molecule has 0 spiro atoms. The van der Waals surface area contributed by atoms with Crippen molar-refractivity contribution in [1.82, 2.24) is 5.32 Å². The molecule has 1 aliphatic heterocycles. The zero-order chi connectivity index (χ0) is 13.9. The number of benzene rings is 1. The van der Waals surface area contributed by atoms with Crippen molar-refractivity contribution in [2.75, 3.05) is 19.1 Å². The second-order valence-electron chi connectivity index (χ2n) is 4.58. The highest BCUT2D eigenvalue weighted by Crippen LogP contribution is 2.24. The largest absolute Gasteiger partial charge is 0.381 e. The standard InChI is InChI=1S/C13H14Cl2FNO2/c14-8-13(4-6-19-7-5-13)17-12(18)9-2-1-3-10(15)11(9)16/h1-3H,4-8H2,(H,17,18). The number of carbonyl (C=O) groups is 1. The molecule has 1 saturated heterocycles. The molecule has 1 fully saturated rings. The first-order chi connectivity index (χ1) is 9.08. The van der Waals surface area contributed by atoms with Gasteiger partial charge in [0.1, 0.15) is 0 Å². The van der Waals surface area contributed by atoms with Crippen LogP contribution in [0.25, 0.3) is 0 Å². The van der Waals surface area contributed by atoms with Crippen molar-refractivity contribution in [3.05, 3.63) is 34.6 Å². The molecule has 1 aromatic carbocycles. The lowest BCUT2D eigenvalue weighted by molar-refractivity contribution is 0.0432. The van der Waals surface area contributed by atoms with E-state index in [9.17, 15) is 9.18 Å². The molecule has 0 aromatic heterocycles. The minimum atomic E-state index is -0.710. The molecule has 0 saturated carbocycles. The number of rotatable bonds is 3. The number of hydrogen-bond acceptors (Lipinski definition) is 2. The first-order valence-electron chi connectivity index (χ1n) is 5.98. The Morgan fingerprint density at radius 2 is 2.11 bits per heavy atom. The van der Waals surface area contributed by atoms with Crippen LogP contribution >= 0.6 is 23.2 Å². The van der Waals surface area contributed by atoms with Gasteiger partial charge in [0, 0.05) is 19.1 Å². The third-order valence-corrected chi connectivity index (χ3v) is 4.08. The van der Waals surface area contributed by atoms with Crippen LogP contribution in [0.15, 0.2) is 18.2 Å². The molecular formula is C13H14Cl2FNO2. The molecule has 1 aromatic rings. The molecule has 0 atom stereocenters. The van der Waals surface area contributed by atoms with E-state index >= 15 is 0 Å². The van der Waals surface area contributed by atoms with Gasteiger partial charge in [0.15, 0.2) is 5.82 Å². The first-order valence-corrected chi connectivity index (χ1v) is 6.89. The second-order valence-corrected chi connectivity index (χ2v) is 5.26. The molecule has 1 amide bonds. The van der Waals surface area contributed by atoms with Gasteiger partial charge in [0.25, 0.3) is 5.91 Å². The maximum absolute atomic E-state index is 13.8. The fourth-order valence-corrected chi connectivity index (χ4v) is 2.55. The quantitative estimate of drug-likeness (QED) is 0.872. The Morgan fingerprint density at radius 3 is 2.74 bits per heavy atom. The van der Waals surface area contributed by atoms with Crippen LogP contribution in [0.1, 0.15) is 23.2 Å². The van der Waals surface area contributed by atoms with Crippen LogP contribution < -0.4 is 5.32 Å². The van der Waals surface area contributed by atoms with Gasteiger partial charge in [0.05, 0.1) is 16.1 Å². The minimum Gasteiger partial charge on any atom is -0.381 e. The Kier molecular flexibility index (Phi) is 4.66. The Labute approximate surface area is 121 Å². The fourth-order valence-electron chi connectivity index (χ4n) is 2.04. The van der Waals surface area contributed by atoms with Crippen molar-refractivity contribution >= 4 is 29.1 Å². The summed E-state index contributed by atoms with van der Waals surface area (Å²) in [6.45, 7) is 1.07. The molecule has 19 heavy (non-hydrogen) atoms. The minimum absolute atomic E-state index is 0.0662. The fraction of sp³-hybridized carbons (Fsp3) is 0.462. The topological polar surface area (TPSA) is 38.3 Å². The normalized spacial score (nSPS) is 18.1. The van der Waals surface area contributed by atoms with E-state index in [1.54, 1.807) is 0 Å². The van der Waals surface area contributed by atoms with Gasteiger partial charge < -0.3 is 10.1 Å². The molecule has 2 rings (SSSR count). The summed E-state index contributed by atoms with van der Waals surface area (Å²) in [6, 6.07) is 4.34. The van der Waals surface area contributed by atoms with E-state index in [4.69, 9.17) is 27.9 Å². The highest BCUT2D eigenvalue weighted by molar-refractivity contribution is 6.31. The maximum atomic E-state index is 13.8. The molecular weight excluding hydrogens is 292 g/mol. The number of nitrogens with one attached hydrogen (secondary N) is 1. The molecule has 1 heterocycles. The zero-order valence-corrected chi connectivity index (χ0v) is 11.7. The van der Waals surface area contributed by atoms with E-state index in [1.165, 1.54) is 18.2 Å². The number of carbonyl (C=O) groups excluding carboxylic acids is 1. The smallest absolute Gasteiger partial charge is 0.254 e. The monoisotopic (exact) mass is 305 g/mol. The van der Waals surface area contributed by atoms with E-state index < -0.39 is 17.3 Å². The summed E-state index contributed by atoms with van der Waals surface area (Å²) in [5.74, 6) is -0.939. The Morgan fingerprint density at radius 1 is 1.42 bits per heavy atom. The van der Waals surface area contributed by atoms with Crippen LogP contribution in [0.4, 0.5) is 4.39 Å². The van der Waals surface area contributed by atoms with Gasteiger partial charge in [-0.25, -0.2) is 4.39 Å². The van der Waals surface area contributed by atoms with Gasteiger partial charge in [-0.1, -0.05) is 17.7 Å². The number of ether oxygens (including phenoxy) is 1. The van der Waals surface area contributed by atoms with Crippen LogP contribution in [0.5, 0.6) is 0 Å². The SMILES string of the molecule is O=C(NC1(CCl)CCOCC1)c1cccc(Cl)c1F. The summed E-state index contributed by atoms with van der Waals surface area (Å²) >= 11 is 11.6. The highest BCUT2D eigenvalue weighted by atomic mass is 35.5. The van der Waals surface area contributed by atoms with Gasteiger partial charge in [-0.05, 0) is 25.0 Å². The summed E-state index contributed by atoms with van der Waals surface area (Å²) in [7, 11) is 0. The lowest BCUT2D eigenvalue weighted by Crippen LogP contribution is -2.53. The molecule has 0 bridgehead atoms. The van der Waals surface area contributed by atoms with Crippen molar-refractivity contribution < 1.29 is 13.9 Å². The molecule has 6 heteroatoms. The molecule has 0 radical (unpaired) electrons. The van der Waals surface area contributed by atoms with Crippen LogP contribution in [0.2, 0.25) is 5.02 Å². The van der Waals surface area contributed by atoms with Gasteiger partial charge in [-0.2, -0.15) is 0 Å². The third-order valence-electron chi connectivity index (χ3n) is 3.28. The predicted octanol–water partition coefficient (Wildman–Crippen LogP) is 3.00. The summed E-state index contributed by atoms with van der Waals surface area (Å²) in [4.78, 5) is 12.1. The van der Waals surface area contributed by atoms with Crippen LogP contribution in [-0.2, 0) is 4.74 Å². The average molecular weight is 306 g/mol. The Hall–Kier alpha value is -0.840. The van der Waals surface area contributed by atoms with Gasteiger partial charge in [-0.3, -0.25) is 4.79 Å². The first kappa shape index (κ1) is 14.6. The molecule has 1 aliphatic rings.